The highest BCUT2D eigenvalue weighted by atomic mass is 16.5. The number of hydrogen-bond acceptors (Lipinski definition) is 3. The second-order valence-electron chi connectivity index (χ2n) is 9.72. The number of amides is 1. The first kappa shape index (κ1) is 20.4. The Balaban J connectivity index is 1.87. The van der Waals surface area contributed by atoms with E-state index in [1.54, 1.807) is 12.1 Å². The fourth-order valence-corrected chi connectivity index (χ4v) is 4.66. The van der Waals surface area contributed by atoms with E-state index in [9.17, 15) is 4.79 Å². The SMILES string of the molecule is CC1(C)CCCC2=C(C=CC(C)(Oc3ccc(C(N)=O)cn3)C=C2)C(C)(C)C1. The lowest BCUT2D eigenvalue weighted by Crippen LogP contribution is -2.28. The number of nitrogens with two attached hydrogens (primary N) is 1. The molecule has 28 heavy (non-hydrogen) atoms. The molecule has 4 nitrogen and oxygen atoms in total. The number of allylic oxidation sites excluding steroid dienone is 4. The second-order valence-corrected chi connectivity index (χ2v) is 9.72. The predicted molar refractivity (Wildman–Crippen MR) is 113 cm³/mol. The number of carbonyl (C=O) groups is 1. The molecule has 1 aromatic heterocycles. The number of carbonyl (C=O) groups excluding carboxylic acids is 1. The van der Waals surface area contributed by atoms with Crippen molar-refractivity contribution in [1.29, 1.82) is 0 Å². The Morgan fingerprint density at radius 2 is 1.82 bits per heavy atom. The van der Waals surface area contributed by atoms with E-state index in [1.165, 1.54) is 30.2 Å². The molecule has 2 aliphatic rings. The molecule has 0 radical (unpaired) electrons. The van der Waals surface area contributed by atoms with E-state index in [1.807, 2.05) is 6.92 Å². The minimum absolute atomic E-state index is 0.104. The first-order valence-electron chi connectivity index (χ1n) is 10.1. The van der Waals surface area contributed by atoms with Crippen molar-refractivity contribution >= 4 is 5.91 Å². The van der Waals surface area contributed by atoms with Crippen LogP contribution in [0.2, 0.25) is 0 Å². The predicted octanol–water partition coefficient (Wildman–Crippen LogP) is 5.37. The second kappa shape index (κ2) is 7.23. The van der Waals surface area contributed by atoms with Gasteiger partial charge in [0.25, 0.3) is 0 Å². The van der Waals surface area contributed by atoms with Crippen LogP contribution in [0.25, 0.3) is 0 Å². The Hall–Kier alpha value is -2.36. The first-order valence-corrected chi connectivity index (χ1v) is 10.1. The van der Waals surface area contributed by atoms with Crippen LogP contribution >= 0.6 is 0 Å². The van der Waals surface area contributed by atoms with Gasteiger partial charge in [-0.2, -0.15) is 0 Å². The molecule has 150 valence electrons. The smallest absolute Gasteiger partial charge is 0.250 e. The standard InChI is InChI=1S/C24H32N2O2/c1-22(2)12-6-7-17-10-13-24(5,14-11-19(17)23(3,4)16-22)28-20-9-8-18(15-26-20)21(25)27/h8-11,13-15H,6-7,12,16H2,1-5H3,(H2,25,27). The van der Waals surface area contributed by atoms with Crippen molar-refractivity contribution in [1.82, 2.24) is 4.98 Å². The van der Waals surface area contributed by atoms with Crippen molar-refractivity contribution in [2.24, 2.45) is 16.6 Å². The maximum Gasteiger partial charge on any atom is 0.250 e. The zero-order chi connectivity index (χ0) is 20.6. The van der Waals surface area contributed by atoms with Gasteiger partial charge >= 0.3 is 0 Å². The van der Waals surface area contributed by atoms with E-state index in [0.717, 1.165) is 12.8 Å². The molecule has 1 aromatic rings. The molecule has 1 amide bonds. The molecule has 0 aliphatic heterocycles. The van der Waals surface area contributed by atoms with Gasteiger partial charge < -0.3 is 10.5 Å². The van der Waals surface area contributed by atoms with Gasteiger partial charge in [0.1, 0.15) is 5.60 Å². The van der Waals surface area contributed by atoms with Gasteiger partial charge in [0.15, 0.2) is 0 Å². The number of ether oxygens (including phenoxy) is 1. The van der Waals surface area contributed by atoms with Crippen molar-refractivity contribution in [3.8, 4) is 5.88 Å². The Bertz CT molecular complexity index is 844. The van der Waals surface area contributed by atoms with Crippen LogP contribution in [0.1, 0.15) is 70.7 Å². The van der Waals surface area contributed by atoms with Crippen molar-refractivity contribution in [2.75, 3.05) is 0 Å². The van der Waals surface area contributed by atoms with Gasteiger partial charge in [0.05, 0.1) is 5.56 Å². The van der Waals surface area contributed by atoms with Gasteiger partial charge in [0, 0.05) is 12.3 Å². The van der Waals surface area contributed by atoms with Crippen LogP contribution in [-0.2, 0) is 0 Å². The van der Waals surface area contributed by atoms with E-state index in [-0.39, 0.29) is 5.41 Å². The average Bonchev–Trinajstić information content (AvgIpc) is 2.73. The summed E-state index contributed by atoms with van der Waals surface area (Å²) in [4.78, 5) is 15.5. The quantitative estimate of drug-likeness (QED) is 0.767. The van der Waals surface area contributed by atoms with Crippen LogP contribution in [0.3, 0.4) is 0 Å². The van der Waals surface area contributed by atoms with Crippen molar-refractivity contribution in [3.05, 3.63) is 59.3 Å². The lowest BCUT2D eigenvalue weighted by Gasteiger charge is -2.39. The van der Waals surface area contributed by atoms with Crippen molar-refractivity contribution in [2.45, 2.75) is 65.9 Å². The Morgan fingerprint density at radius 1 is 1.11 bits per heavy atom. The Kier molecular flexibility index (Phi) is 5.26. The highest BCUT2D eigenvalue weighted by Crippen LogP contribution is 2.47. The minimum Gasteiger partial charge on any atom is -0.463 e. The van der Waals surface area contributed by atoms with Gasteiger partial charge in [-0.05, 0) is 72.8 Å². The summed E-state index contributed by atoms with van der Waals surface area (Å²) in [6, 6.07) is 3.33. The summed E-state index contributed by atoms with van der Waals surface area (Å²) in [7, 11) is 0. The molecule has 2 N–H and O–H groups in total. The summed E-state index contributed by atoms with van der Waals surface area (Å²) in [5, 5.41) is 0. The number of hydrogen-bond donors (Lipinski definition) is 1. The summed E-state index contributed by atoms with van der Waals surface area (Å²) in [6.45, 7) is 11.5. The third-order valence-electron chi connectivity index (χ3n) is 5.84. The van der Waals surface area contributed by atoms with Crippen LogP contribution < -0.4 is 10.5 Å². The molecule has 0 spiro atoms. The molecule has 4 heteroatoms. The fourth-order valence-electron chi connectivity index (χ4n) is 4.66. The third-order valence-corrected chi connectivity index (χ3v) is 5.84. The van der Waals surface area contributed by atoms with Crippen LogP contribution in [-0.4, -0.2) is 16.5 Å². The lowest BCUT2D eigenvalue weighted by molar-refractivity contribution is 0.0999. The largest absolute Gasteiger partial charge is 0.463 e. The Morgan fingerprint density at radius 3 is 2.46 bits per heavy atom. The number of primary amides is 1. The monoisotopic (exact) mass is 380 g/mol. The van der Waals surface area contributed by atoms with E-state index >= 15 is 0 Å². The highest BCUT2D eigenvalue weighted by molar-refractivity contribution is 5.92. The molecule has 1 unspecified atom stereocenters. The van der Waals surface area contributed by atoms with Crippen molar-refractivity contribution in [3.63, 3.8) is 0 Å². The molecule has 0 fully saturated rings. The normalized spacial score (nSPS) is 26.0. The van der Waals surface area contributed by atoms with E-state index in [4.69, 9.17) is 10.5 Å². The van der Waals surface area contributed by atoms with Gasteiger partial charge in [-0.3, -0.25) is 4.79 Å². The molecule has 0 saturated heterocycles. The van der Waals surface area contributed by atoms with Gasteiger partial charge in [-0.15, -0.1) is 0 Å². The number of aromatic nitrogens is 1. The molecule has 0 aromatic carbocycles. The molecular formula is C24H32N2O2. The zero-order valence-electron chi connectivity index (χ0n) is 17.7. The summed E-state index contributed by atoms with van der Waals surface area (Å²) < 4.78 is 6.17. The van der Waals surface area contributed by atoms with Gasteiger partial charge in [0.2, 0.25) is 11.8 Å². The van der Waals surface area contributed by atoms with E-state index < -0.39 is 11.5 Å². The summed E-state index contributed by atoms with van der Waals surface area (Å²) in [6.07, 6.45) is 14.8. The summed E-state index contributed by atoms with van der Waals surface area (Å²) in [5.41, 5.74) is 8.31. The van der Waals surface area contributed by atoms with Crippen LogP contribution in [0, 0.1) is 10.8 Å². The first-order chi connectivity index (χ1) is 13.0. The molecule has 1 atom stereocenters. The molecular weight excluding hydrogens is 348 g/mol. The number of rotatable bonds is 3. The van der Waals surface area contributed by atoms with Gasteiger partial charge in [-0.25, -0.2) is 4.98 Å². The lowest BCUT2D eigenvalue weighted by atomic mass is 9.66. The molecule has 0 saturated carbocycles. The van der Waals surface area contributed by atoms with Crippen molar-refractivity contribution < 1.29 is 9.53 Å². The summed E-state index contributed by atoms with van der Waals surface area (Å²) in [5.74, 6) is -0.0230. The maximum absolute atomic E-state index is 11.2. The van der Waals surface area contributed by atoms with E-state index in [0.29, 0.717) is 16.9 Å². The minimum atomic E-state index is -0.603. The number of pyridine rings is 1. The van der Waals surface area contributed by atoms with Crippen LogP contribution in [0.4, 0.5) is 0 Å². The molecule has 0 bridgehead atoms. The number of nitrogens with zero attached hydrogens (tertiary/aromatic N) is 1. The van der Waals surface area contributed by atoms with Crippen LogP contribution in [0.15, 0.2) is 53.8 Å². The summed E-state index contributed by atoms with van der Waals surface area (Å²) >= 11 is 0. The third kappa shape index (κ3) is 4.54. The topological polar surface area (TPSA) is 65.2 Å². The molecule has 2 aliphatic carbocycles. The van der Waals surface area contributed by atoms with Crippen LogP contribution in [0.5, 0.6) is 5.88 Å². The zero-order valence-corrected chi connectivity index (χ0v) is 17.7. The maximum atomic E-state index is 11.2. The molecule has 3 rings (SSSR count). The van der Waals surface area contributed by atoms with E-state index in [2.05, 4.69) is 57.0 Å². The average molecular weight is 381 g/mol. The molecule has 1 heterocycles. The Labute approximate surface area is 168 Å². The highest BCUT2D eigenvalue weighted by Gasteiger charge is 2.35. The fraction of sp³-hybridized carbons (Fsp3) is 0.500. The van der Waals surface area contributed by atoms with Gasteiger partial charge in [-0.1, -0.05) is 39.8 Å².